The van der Waals surface area contributed by atoms with Gasteiger partial charge in [0, 0.05) is 6.54 Å². The van der Waals surface area contributed by atoms with E-state index >= 15 is 0 Å². The molecular weight excluding hydrogens is 126 g/mol. The number of allylic oxidation sites excluding steroid dienone is 1. The minimum Gasteiger partial charge on any atom is -0.497 e. The van der Waals surface area contributed by atoms with E-state index in [9.17, 15) is 0 Å². The van der Waals surface area contributed by atoms with Crippen LogP contribution in [0.5, 0.6) is 0 Å². The molecule has 2 heteroatoms. The van der Waals surface area contributed by atoms with E-state index in [1.54, 1.807) is 19.3 Å². The first kappa shape index (κ1) is 8.98. The highest BCUT2D eigenvalue weighted by molar-refractivity contribution is 5.21. The predicted molar refractivity (Wildman–Crippen MR) is 43.5 cm³/mol. The molecule has 10 heavy (non-hydrogen) atoms. The lowest BCUT2D eigenvalue weighted by atomic mass is 10.3. The largest absolute Gasteiger partial charge is 0.497 e. The zero-order valence-electron chi connectivity index (χ0n) is 6.26. The molecule has 0 aliphatic heterocycles. The van der Waals surface area contributed by atoms with Gasteiger partial charge in [-0.3, -0.25) is 0 Å². The van der Waals surface area contributed by atoms with Crippen molar-refractivity contribution in [2.45, 2.75) is 0 Å². The Bertz CT molecular complexity index is 141. The standard InChI is InChI=1S/C8H13NO/c1-7(6-9)4-5-8(2)10-3/h4-5H,1-2,6,9H2,3H3/b5-4+. The first-order valence-electron chi connectivity index (χ1n) is 2.99. The minimum atomic E-state index is 0.466. The van der Waals surface area contributed by atoms with Crippen LogP contribution in [-0.4, -0.2) is 13.7 Å². The number of nitrogens with two attached hydrogens (primary N) is 1. The van der Waals surface area contributed by atoms with Gasteiger partial charge in [0.15, 0.2) is 0 Å². The van der Waals surface area contributed by atoms with Crippen LogP contribution in [-0.2, 0) is 4.74 Å². The average molecular weight is 139 g/mol. The van der Waals surface area contributed by atoms with E-state index in [4.69, 9.17) is 10.5 Å². The van der Waals surface area contributed by atoms with E-state index in [0.29, 0.717) is 12.3 Å². The molecule has 0 aromatic carbocycles. The highest BCUT2D eigenvalue weighted by Gasteiger charge is 1.83. The third-order valence-electron chi connectivity index (χ3n) is 1.03. The Morgan fingerprint density at radius 1 is 1.50 bits per heavy atom. The third kappa shape index (κ3) is 3.92. The molecule has 0 spiro atoms. The molecule has 0 fully saturated rings. The minimum absolute atomic E-state index is 0.466. The van der Waals surface area contributed by atoms with Crippen molar-refractivity contribution in [2.75, 3.05) is 13.7 Å². The van der Waals surface area contributed by atoms with E-state index in [1.165, 1.54) is 0 Å². The molecular formula is C8H13NO. The maximum atomic E-state index is 5.28. The Kier molecular flexibility index (Phi) is 4.33. The lowest BCUT2D eigenvalue weighted by Crippen LogP contribution is -1.99. The molecule has 0 aromatic rings. The molecule has 2 nitrogen and oxygen atoms in total. The number of hydrogen-bond acceptors (Lipinski definition) is 2. The van der Waals surface area contributed by atoms with E-state index in [1.807, 2.05) is 0 Å². The molecule has 2 N–H and O–H groups in total. The molecule has 0 rings (SSSR count). The van der Waals surface area contributed by atoms with Crippen molar-refractivity contribution < 1.29 is 4.74 Å². The van der Waals surface area contributed by atoms with Gasteiger partial charge in [0.05, 0.1) is 7.11 Å². The second-order valence-electron chi connectivity index (χ2n) is 1.87. The molecule has 0 saturated carbocycles. The summed E-state index contributed by atoms with van der Waals surface area (Å²) in [7, 11) is 1.57. The van der Waals surface area contributed by atoms with E-state index in [-0.39, 0.29) is 0 Å². The van der Waals surface area contributed by atoms with Gasteiger partial charge in [-0.2, -0.15) is 0 Å². The normalized spacial score (nSPS) is 9.80. The highest BCUT2D eigenvalue weighted by Crippen LogP contribution is 1.96. The second kappa shape index (κ2) is 4.82. The van der Waals surface area contributed by atoms with Gasteiger partial charge in [-0.15, -0.1) is 0 Å². The van der Waals surface area contributed by atoms with Gasteiger partial charge in [0.25, 0.3) is 0 Å². The summed E-state index contributed by atoms with van der Waals surface area (Å²) < 4.78 is 4.78. The SMILES string of the molecule is C=C(/C=C/C(=C)OC)CN. The molecule has 0 bridgehead atoms. The van der Waals surface area contributed by atoms with Gasteiger partial charge in [0.2, 0.25) is 0 Å². The van der Waals surface area contributed by atoms with Crippen LogP contribution in [0.1, 0.15) is 0 Å². The van der Waals surface area contributed by atoms with Crippen LogP contribution in [0.2, 0.25) is 0 Å². The third-order valence-corrected chi connectivity index (χ3v) is 1.03. The van der Waals surface area contributed by atoms with Gasteiger partial charge in [-0.25, -0.2) is 0 Å². The van der Waals surface area contributed by atoms with E-state index in [2.05, 4.69) is 13.2 Å². The van der Waals surface area contributed by atoms with E-state index in [0.717, 1.165) is 5.57 Å². The van der Waals surface area contributed by atoms with Gasteiger partial charge in [-0.05, 0) is 11.6 Å². The number of ether oxygens (including phenoxy) is 1. The summed E-state index contributed by atoms with van der Waals surface area (Å²) in [4.78, 5) is 0. The fraction of sp³-hybridized carbons (Fsp3) is 0.250. The van der Waals surface area contributed by atoms with Crippen molar-refractivity contribution in [3.05, 3.63) is 36.6 Å². The molecule has 0 radical (unpaired) electrons. The smallest absolute Gasteiger partial charge is 0.111 e. The number of hydrogen-bond donors (Lipinski definition) is 1. The monoisotopic (exact) mass is 139 g/mol. The quantitative estimate of drug-likeness (QED) is 0.469. The molecule has 0 aliphatic rings. The summed E-state index contributed by atoms with van der Waals surface area (Å²) in [5.74, 6) is 0.606. The lowest BCUT2D eigenvalue weighted by molar-refractivity contribution is 0.309. The van der Waals surface area contributed by atoms with Gasteiger partial charge in [-0.1, -0.05) is 19.2 Å². The maximum absolute atomic E-state index is 5.28. The van der Waals surface area contributed by atoms with Crippen LogP contribution >= 0.6 is 0 Å². The molecule has 0 unspecified atom stereocenters. The van der Waals surface area contributed by atoms with Crippen molar-refractivity contribution >= 4 is 0 Å². The summed E-state index contributed by atoms with van der Waals surface area (Å²) in [6, 6.07) is 0. The topological polar surface area (TPSA) is 35.2 Å². The molecule has 0 saturated heterocycles. The Hall–Kier alpha value is -1.02. The fourth-order valence-electron chi connectivity index (χ4n) is 0.347. The maximum Gasteiger partial charge on any atom is 0.111 e. The average Bonchev–Trinajstić information content (AvgIpc) is 1.99. The summed E-state index contributed by atoms with van der Waals surface area (Å²) in [5.41, 5.74) is 6.14. The Balaban J connectivity index is 3.75. The first-order chi connectivity index (χ1) is 4.70. The Labute approximate surface area is 61.7 Å². The molecule has 0 amide bonds. The van der Waals surface area contributed by atoms with Crippen molar-refractivity contribution in [1.82, 2.24) is 0 Å². The highest BCUT2D eigenvalue weighted by atomic mass is 16.5. The van der Waals surface area contributed by atoms with Crippen molar-refractivity contribution in [2.24, 2.45) is 5.73 Å². The van der Waals surface area contributed by atoms with Gasteiger partial charge < -0.3 is 10.5 Å². The van der Waals surface area contributed by atoms with Crippen molar-refractivity contribution in [3.63, 3.8) is 0 Å². The zero-order chi connectivity index (χ0) is 7.98. The van der Waals surface area contributed by atoms with Crippen LogP contribution in [0, 0.1) is 0 Å². The van der Waals surface area contributed by atoms with Crippen LogP contribution < -0.4 is 5.73 Å². The predicted octanol–water partition coefficient (Wildman–Crippen LogP) is 1.22. The summed E-state index contributed by atoms with van der Waals surface area (Å²) in [6.07, 6.45) is 3.51. The summed E-state index contributed by atoms with van der Waals surface area (Å²) >= 11 is 0. The molecule has 0 aromatic heterocycles. The first-order valence-corrected chi connectivity index (χ1v) is 2.99. The van der Waals surface area contributed by atoms with Crippen LogP contribution in [0.3, 0.4) is 0 Å². The number of rotatable bonds is 4. The van der Waals surface area contributed by atoms with Gasteiger partial charge >= 0.3 is 0 Å². The molecule has 0 atom stereocenters. The van der Waals surface area contributed by atoms with E-state index < -0.39 is 0 Å². The Morgan fingerprint density at radius 2 is 2.10 bits per heavy atom. The Morgan fingerprint density at radius 3 is 2.50 bits per heavy atom. The second-order valence-corrected chi connectivity index (χ2v) is 1.87. The van der Waals surface area contributed by atoms with Gasteiger partial charge in [0.1, 0.15) is 5.76 Å². The van der Waals surface area contributed by atoms with Crippen LogP contribution in [0.4, 0.5) is 0 Å². The zero-order valence-corrected chi connectivity index (χ0v) is 6.26. The molecule has 0 aliphatic carbocycles. The van der Waals surface area contributed by atoms with Crippen LogP contribution in [0.25, 0.3) is 0 Å². The number of methoxy groups -OCH3 is 1. The summed E-state index contributed by atoms with van der Waals surface area (Å²) in [5, 5.41) is 0. The molecule has 0 heterocycles. The fourth-order valence-corrected chi connectivity index (χ4v) is 0.347. The van der Waals surface area contributed by atoms with Crippen LogP contribution in [0.15, 0.2) is 36.6 Å². The molecule has 56 valence electrons. The lowest BCUT2D eigenvalue weighted by Gasteiger charge is -1.95. The van der Waals surface area contributed by atoms with Crippen molar-refractivity contribution in [3.8, 4) is 0 Å². The summed E-state index contributed by atoms with van der Waals surface area (Å²) in [6.45, 7) is 7.73. The van der Waals surface area contributed by atoms with Crippen molar-refractivity contribution in [1.29, 1.82) is 0 Å².